The molecule has 0 radical (unpaired) electrons. The van der Waals surface area contributed by atoms with Crippen LogP contribution in [0.2, 0.25) is 0 Å². The number of nitrogens with two attached hydrogens (primary N) is 1. The van der Waals surface area contributed by atoms with Crippen LogP contribution in [0.4, 0.5) is 10.1 Å². The summed E-state index contributed by atoms with van der Waals surface area (Å²) in [5.41, 5.74) is 1.75. The summed E-state index contributed by atoms with van der Waals surface area (Å²) in [7, 11) is 0. The first-order chi connectivity index (χ1) is 15.5. The van der Waals surface area contributed by atoms with Gasteiger partial charge in [0.25, 0.3) is 11.5 Å². The van der Waals surface area contributed by atoms with E-state index in [2.05, 4.69) is 5.32 Å². The number of hydrazine groups is 1. The van der Waals surface area contributed by atoms with E-state index in [1.165, 1.54) is 18.6 Å². The lowest BCUT2D eigenvalue weighted by Gasteiger charge is -2.25. The lowest BCUT2D eigenvalue weighted by Crippen LogP contribution is -2.41. The van der Waals surface area contributed by atoms with Crippen molar-refractivity contribution in [2.45, 2.75) is 76.4 Å². The van der Waals surface area contributed by atoms with E-state index >= 15 is 4.39 Å². The van der Waals surface area contributed by atoms with Crippen molar-refractivity contribution in [3.05, 3.63) is 50.9 Å². The second kappa shape index (κ2) is 9.68. The number of hydrogen-bond donors (Lipinski definition) is 3. The summed E-state index contributed by atoms with van der Waals surface area (Å²) in [5.74, 6) is 4.02. The Balaban J connectivity index is 1.82. The third-order valence-electron chi connectivity index (χ3n) is 6.61. The molecule has 172 valence electrons. The monoisotopic (exact) mass is 443 g/mol. The van der Waals surface area contributed by atoms with Crippen LogP contribution in [0.3, 0.4) is 0 Å². The van der Waals surface area contributed by atoms with Crippen LogP contribution in [0, 0.1) is 5.82 Å². The third kappa shape index (κ3) is 4.48. The number of allylic oxidation sites excluding steroid dienone is 1. The minimum atomic E-state index is -0.569. The quantitative estimate of drug-likeness (QED) is 0.275. The van der Waals surface area contributed by atoms with Crippen LogP contribution in [-0.2, 0) is 11.3 Å². The van der Waals surface area contributed by atoms with E-state index < -0.39 is 23.0 Å². The second-order valence-corrected chi connectivity index (χ2v) is 8.75. The van der Waals surface area contributed by atoms with Gasteiger partial charge in [0.05, 0.1) is 16.6 Å². The maximum absolute atomic E-state index is 15.0. The first-order valence-electron chi connectivity index (χ1n) is 11.4. The molecule has 4 N–H and O–H groups in total. The van der Waals surface area contributed by atoms with Crippen LogP contribution in [-0.4, -0.2) is 21.1 Å². The molecule has 0 unspecified atom stereocenters. The number of benzene rings is 1. The van der Waals surface area contributed by atoms with Crippen molar-refractivity contribution in [2.24, 2.45) is 5.84 Å². The Morgan fingerprint density at radius 2 is 1.78 bits per heavy atom. The maximum Gasteiger partial charge on any atom is 0.332 e. The topological polar surface area (TPSA) is 111 Å². The van der Waals surface area contributed by atoms with Gasteiger partial charge in [0.1, 0.15) is 5.82 Å². The highest BCUT2D eigenvalue weighted by Crippen LogP contribution is 2.32. The van der Waals surface area contributed by atoms with Gasteiger partial charge >= 0.3 is 5.69 Å². The molecule has 2 aliphatic carbocycles. The van der Waals surface area contributed by atoms with Crippen molar-refractivity contribution in [1.29, 1.82) is 0 Å². The molecule has 0 spiro atoms. The Morgan fingerprint density at radius 3 is 2.47 bits per heavy atom. The summed E-state index contributed by atoms with van der Waals surface area (Å²) >= 11 is 0. The van der Waals surface area contributed by atoms with Crippen LogP contribution >= 0.6 is 0 Å². The van der Waals surface area contributed by atoms with E-state index in [-0.39, 0.29) is 24.0 Å². The van der Waals surface area contributed by atoms with Gasteiger partial charge < -0.3 is 5.32 Å². The Bertz CT molecular complexity index is 1140. The molecular formula is C23H30FN5O3. The first-order valence-corrected chi connectivity index (χ1v) is 11.4. The maximum atomic E-state index is 15.0. The number of carbonyl (C=O) groups excluding carboxylic acids is 1. The molecule has 9 heteroatoms. The lowest BCUT2D eigenvalue weighted by atomic mass is 9.95. The van der Waals surface area contributed by atoms with Gasteiger partial charge in [-0.25, -0.2) is 15.0 Å². The van der Waals surface area contributed by atoms with Gasteiger partial charge in [-0.2, -0.15) is 0 Å². The van der Waals surface area contributed by atoms with Crippen LogP contribution in [0.1, 0.15) is 63.8 Å². The van der Waals surface area contributed by atoms with Crippen LogP contribution in [0.5, 0.6) is 0 Å². The van der Waals surface area contributed by atoms with E-state index in [1.54, 1.807) is 10.6 Å². The van der Waals surface area contributed by atoms with Crippen molar-refractivity contribution in [3.8, 4) is 0 Å². The average Bonchev–Trinajstić information content (AvgIpc) is 3.32. The molecule has 1 amide bonds. The van der Waals surface area contributed by atoms with E-state index in [1.807, 2.05) is 5.43 Å². The molecule has 8 nitrogen and oxygen atoms in total. The highest BCUT2D eigenvalue weighted by Gasteiger charge is 2.24. The van der Waals surface area contributed by atoms with Gasteiger partial charge in [-0.1, -0.05) is 38.2 Å². The standard InChI is InChI=1S/C23H30FN5O3/c24-18-13-17-20(14-19(18)26-15-7-2-1-3-8-15)29(16-9-4-5-10-16)23(32)28(22(17)31)12-6-11-21(30)27-25/h6,11,13-16,26H,1-5,7-10,12,25H2,(H,27,30). The summed E-state index contributed by atoms with van der Waals surface area (Å²) in [6.45, 7) is -0.0998. The molecule has 0 saturated heterocycles. The largest absolute Gasteiger partial charge is 0.380 e. The molecule has 2 aromatic rings. The third-order valence-corrected chi connectivity index (χ3v) is 6.61. The zero-order valence-corrected chi connectivity index (χ0v) is 18.1. The molecule has 0 aliphatic heterocycles. The predicted molar refractivity (Wildman–Crippen MR) is 122 cm³/mol. The van der Waals surface area contributed by atoms with E-state index in [0.717, 1.165) is 62.0 Å². The number of aromatic nitrogens is 2. The highest BCUT2D eigenvalue weighted by molar-refractivity contribution is 5.86. The van der Waals surface area contributed by atoms with Crippen molar-refractivity contribution in [2.75, 3.05) is 5.32 Å². The molecule has 2 saturated carbocycles. The number of anilines is 1. The van der Waals surface area contributed by atoms with Crippen LogP contribution in [0.25, 0.3) is 10.9 Å². The lowest BCUT2D eigenvalue weighted by molar-refractivity contribution is -0.116. The van der Waals surface area contributed by atoms with Gasteiger partial charge in [0.2, 0.25) is 0 Å². The molecule has 2 fully saturated rings. The summed E-state index contributed by atoms with van der Waals surface area (Å²) in [5, 5.41) is 3.47. The predicted octanol–water partition coefficient (Wildman–Crippen LogP) is 2.71. The van der Waals surface area contributed by atoms with E-state index in [4.69, 9.17) is 5.84 Å². The summed E-state index contributed by atoms with van der Waals surface area (Å²) in [6, 6.07) is 3.02. The number of nitrogens with one attached hydrogen (secondary N) is 2. The number of fused-ring (bicyclic) bond motifs is 1. The smallest absolute Gasteiger partial charge is 0.332 e. The minimum absolute atomic E-state index is 0.0406. The molecule has 2 aliphatic rings. The van der Waals surface area contributed by atoms with Gasteiger partial charge in [0, 0.05) is 24.7 Å². The summed E-state index contributed by atoms with van der Waals surface area (Å²) in [4.78, 5) is 37.8. The fourth-order valence-electron chi connectivity index (χ4n) is 4.96. The molecule has 1 aromatic heterocycles. The highest BCUT2D eigenvalue weighted by atomic mass is 19.1. The summed E-state index contributed by atoms with van der Waals surface area (Å²) < 4.78 is 17.7. The molecular weight excluding hydrogens is 413 g/mol. The molecule has 1 aromatic carbocycles. The number of halogens is 1. The Kier molecular flexibility index (Phi) is 6.74. The minimum Gasteiger partial charge on any atom is -0.380 e. The Hall–Kier alpha value is -2.94. The van der Waals surface area contributed by atoms with E-state index in [9.17, 15) is 14.4 Å². The van der Waals surface area contributed by atoms with Gasteiger partial charge in [0.15, 0.2) is 0 Å². The zero-order chi connectivity index (χ0) is 22.7. The normalized spacial score (nSPS) is 17.9. The fraction of sp³-hybridized carbons (Fsp3) is 0.522. The number of nitrogens with zero attached hydrogens (tertiary/aromatic N) is 2. The number of rotatable bonds is 6. The Labute approximate surface area is 185 Å². The molecule has 32 heavy (non-hydrogen) atoms. The van der Waals surface area contributed by atoms with Crippen molar-refractivity contribution >= 4 is 22.5 Å². The fourth-order valence-corrected chi connectivity index (χ4v) is 4.96. The number of hydrogen-bond acceptors (Lipinski definition) is 5. The van der Waals surface area contributed by atoms with Gasteiger partial charge in [-0.15, -0.1) is 0 Å². The van der Waals surface area contributed by atoms with E-state index in [0.29, 0.717) is 11.2 Å². The van der Waals surface area contributed by atoms with Crippen LogP contribution in [0.15, 0.2) is 33.9 Å². The SMILES string of the molecule is NNC(=O)C=CCn1c(=O)c2cc(F)c(NC3CCCCC3)cc2n(C2CCCC2)c1=O. The average molecular weight is 444 g/mol. The van der Waals surface area contributed by atoms with Gasteiger partial charge in [-0.3, -0.25) is 24.1 Å². The molecule has 0 bridgehead atoms. The Morgan fingerprint density at radius 1 is 1.09 bits per heavy atom. The van der Waals surface area contributed by atoms with Crippen molar-refractivity contribution in [3.63, 3.8) is 0 Å². The first kappa shape index (κ1) is 22.3. The number of carbonyl (C=O) groups is 1. The molecule has 1 heterocycles. The molecule has 0 atom stereocenters. The zero-order valence-electron chi connectivity index (χ0n) is 18.1. The second-order valence-electron chi connectivity index (χ2n) is 8.75. The van der Waals surface area contributed by atoms with Crippen molar-refractivity contribution < 1.29 is 9.18 Å². The molecule has 4 rings (SSSR count). The number of amides is 1. The van der Waals surface area contributed by atoms with Crippen LogP contribution < -0.4 is 27.8 Å². The van der Waals surface area contributed by atoms with Gasteiger partial charge in [-0.05, 0) is 37.8 Å². The summed E-state index contributed by atoms with van der Waals surface area (Å²) in [6.07, 6.45) is 11.6. The van der Waals surface area contributed by atoms with Crippen molar-refractivity contribution in [1.82, 2.24) is 14.6 Å².